The Hall–Kier alpha value is -1.49. The molecule has 1 aromatic carbocycles. The van der Waals surface area contributed by atoms with Crippen LogP contribution in [0.15, 0.2) is 41.1 Å². The van der Waals surface area contributed by atoms with Crippen molar-refractivity contribution in [2.45, 2.75) is 6.61 Å². The van der Waals surface area contributed by atoms with Crippen LogP contribution in [0.1, 0.15) is 5.82 Å². The Balaban J connectivity index is 2.03. The number of hydrogen-bond donors (Lipinski definition) is 0. The molecule has 5 heteroatoms. The van der Waals surface area contributed by atoms with E-state index in [0.29, 0.717) is 16.0 Å². The number of ether oxygens (including phenoxy) is 1. The van der Waals surface area contributed by atoms with Gasteiger partial charge >= 0.3 is 0 Å². The van der Waals surface area contributed by atoms with Crippen LogP contribution in [0.3, 0.4) is 0 Å². The molecule has 2 aromatic rings. The first-order valence-corrected chi connectivity index (χ1v) is 5.39. The average Bonchev–Trinajstić information content (AvgIpc) is 2.32. The molecule has 0 radical (unpaired) electrons. The van der Waals surface area contributed by atoms with Crippen LogP contribution < -0.4 is 4.74 Å². The summed E-state index contributed by atoms with van der Waals surface area (Å²) in [5.41, 5.74) is 0. The molecule has 0 spiro atoms. The molecule has 0 saturated heterocycles. The average molecular weight is 283 g/mol. The molecule has 82 valence electrons. The van der Waals surface area contributed by atoms with E-state index in [1.807, 2.05) is 0 Å². The molecular formula is C11H8BrFN2O. The van der Waals surface area contributed by atoms with Gasteiger partial charge in [-0.05, 0) is 40.2 Å². The van der Waals surface area contributed by atoms with Gasteiger partial charge in [0.2, 0.25) is 0 Å². The minimum Gasteiger partial charge on any atom is -0.486 e. The molecule has 0 N–H and O–H groups in total. The van der Waals surface area contributed by atoms with Crippen molar-refractivity contribution in [1.29, 1.82) is 0 Å². The Bertz CT molecular complexity index is 479. The molecule has 0 aliphatic heterocycles. The van der Waals surface area contributed by atoms with Crippen molar-refractivity contribution in [3.63, 3.8) is 0 Å². The Morgan fingerprint density at radius 3 is 2.69 bits per heavy atom. The summed E-state index contributed by atoms with van der Waals surface area (Å²) in [6.07, 6.45) is 3.29. The quantitative estimate of drug-likeness (QED) is 0.868. The van der Waals surface area contributed by atoms with E-state index in [1.54, 1.807) is 30.6 Å². The summed E-state index contributed by atoms with van der Waals surface area (Å²) in [4.78, 5) is 8.02. The van der Waals surface area contributed by atoms with E-state index in [-0.39, 0.29) is 12.4 Å². The minimum absolute atomic E-state index is 0.263. The molecule has 0 atom stereocenters. The van der Waals surface area contributed by atoms with Gasteiger partial charge in [0, 0.05) is 12.4 Å². The Labute approximate surface area is 100 Å². The van der Waals surface area contributed by atoms with Crippen LogP contribution in [0.5, 0.6) is 5.75 Å². The van der Waals surface area contributed by atoms with E-state index in [4.69, 9.17) is 4.74 Å². The molecule has 16 heavy (non-hydrogen) atoms. The smallest absolute Gasteiger partial charge is 0.166 e. The van der Waals surface area contributed by atoms with E-state index in [2.05, 4.69) is 25.9 Å². The first-order valence-electron chi connectivity index (χ1n) is 4.59. The fourth-order valence-electron chi connectivity index (χ4n) is 1.12. The topological polar surface area (TPSA) is 35.0 Å². The second-order valence-corrected chi connectivity index (χ2v) is 3.88. The van der Waals surface area contributed by atoms with Crippen LogP contribution in [0.25, 0.3) is 0 Å². The molecule has 0 fully saturated rings. The summed E-state index contributed by atoms with van der Waals surface area (Å²) in [5.74, 6) is 0.840. The lowest BCUT2D eigenvalue weighted by Gasteiger charge is -2.05. The third-order valence-electron chi connectivity index (χ3n) is 1.88. The second-order valence-electron chi connectivity index (χ2n) is 3.03. The van der Waals surface area contributed by atoms with Crippen LogP contribution in [-0.4, -0.2) is 9.97 Å². The molecule has 1 aromatic heterocycles. The van der Waals surface area contributed by atoms with Gasteiger partial charge in [-0.2, -0.15) is 0 Å². The highest BCUT2D eigenvalue weighted by atomic mass is 79.9. The van der Waals surface area contributed by atoms with Gasteiger partial charge in [0.15, 0.2) is 5.82 Å². The molecule has 2 rings (SSSR count). The van der Waals surface area contributed by atoms with Crippen molar-refractivity contribution in [3.05, 3.63) is 52.8 Å². The van der Waals surface area contributed by atoms with E-state index in [9.17, 15) is 4.39 Å². The van der Waals surface area contributed by atoms with Crippen molar-refractivity contribution in [2.24, 2.45) is 0 Å². The van der Waals surface area contributed by atoms with Crippen molar-refractivity contribution < 1.29 is 9.13 Å². The summed E-state index contributed by atoms with van der Waals surface area (Å²) in [7, 11) is 0. The number of nitrogens with zero attached hydrogens (tertiary/aromatic N) is 2. The van der Waals surface area contributed by atoms with Gasteiger partial charge in [-0.25, -0.2) is 14.4 Å². The number of aromatic nitrogens is 2. The lowest BCUT2D eigenvalue weighted by atomic mass is 10.3. The van der Waals surface area contributed by atoms with E-state index < -0.39 is 0 Å². The zero-order valence-electron chi connectivity index (χ0n) is 8.23. The minimum atomic E-state index is -0.316. The maximum Gasteiger partial charge on any atom is 0.166 e. The first-order chi connectivity index (χ1) is 7.75. The molecule has 0 bridgehead atoms. The van der Waals surface area contributed by atoms with Crippen LogP contribution in [0, 0.1) is 5.82 Å². The highest BCUT2D eigenvalue weighted by Gasteiger charge is 2.02. The van der Waals surface area contributed by atoms with Crippen molar-refractivity contribution in [3.8, 4) is 5.75 Å². The van der Waals surface area contributed by atoms with E-state index in [1.165, 1.54) is 6.07 Å². The van der Waals surface area contributed by atoms with Crippen molar-refractivity contribution in [2.75, 3.05) is 0 Å². The number of hydrogen-bond acceptors (Lipinski definition) is 3. The predicted molar refractivity (Wildman–Crippen MR) is 60.5 cm³/mol. The Kier molecular flexibility index (Phi) is 3.46. The molecule has 0 aliphatic carbocycles. The van der Waals surface area contributed by atoms with Gasteiger partial charge in [0.1, 0.15) is 18.2 Å². The van der Waals surface area contributed by atoms with Gasteiger partial charge in [-0.15, -0.1) is 0 Å². The maximum absolute atomic E-state index is 12.9. The van der Waals surface area contributed by atoms with Crippen LogP contribution >= 0.6 is 15.9 Å². The van der Waals surface area contributed by atoms with Crippen molar-refractivity contribution >= 4 is 15.9 Å². The molecule has 0 aliphatic rings. The highest BCUT2D eigenvalue weighted by molar-refractivity contribution is 9.10. The SMILES string of the molecule is Fc1ccc(OCc2ncccn2)cc1Br. The normalized spacial score (nSPS) is 10.1. The third kappa shape index (κ3) is 2.76. The summed E-state index contributed by atoms with van der Waals surface area (Å²) in [6.45, 7) is 0.263. The van der Waals surface area contributed by atoms with Crippen LogP contribution in [0.2, 0.25) is 0 Å². The van der Waals surface area contributed by atoms with Gasteiger partial charge in [0.05, 0.1) is 4.47 Å². The summed E-state index contributed by atoms with van der Waals surface area (Å²) in [6, 6.07) is 6.20. The summed E-state index contributed by atoms with van der Waals surface area (Å²) < 4.78 is 18.7. The lowest BCUT2D eigenvalue weighted by Crippen LogP contribution is -2.00. The maximum atomic E-state index is 12.9. The lowest BCUT2D eigenvalue weighted by molar-refractivity contribution is 0.295. The first kappa shape index (κ1) is 11.0. The molecular weight excluding hydrogens is 275 g/mol. The number of benzene rings is 1. The molecule has 1 heterocycles. The van der Waals surface area contributed by atoms with Crippen LogP contribution in [0.4, 0.5) is 4.39 Å². The molecule has 3 nitrogen and oxygen atoms in total. The fourth-order valence-corrected chi connectivity index (χ4v) is 1.48. The highest BCUT2D eigenvalue weighted by Crippen LogP contribution is 2.21. The Morgan fingerprint density at radius 2 is 2.00 bits per heavy atom. The monoisotopic (exact) mass is 282 g/mol. The molecule has 0 saturated carbocycles. The number of rotatable bonds is 3. The van der Waals surface area contributed by atoms with Gasteiger partial charge in [0.25, 0.3) is 0 Å². The standard InChI is InChI=1S/C11H8BrFN2O/c12-9-6-8(2-3-10(9)13)16-7-11-14-4-1-5-15-11/h1-6H,7H2. The summed E-state index contributed by atoms with van der Waals surface area (Å²) in [5, 5.41) is 0. The van der Waals surface area contributed by atoms with E-state index >= 15 is 0 Å². The largest absolute Gasteiger partial charge is 0.486 e. The second kappa shape index (κ2) is 5.03. The van der Waals surface area contributed by atoms with Gasteiger partial charge in [-0.1, -0.05) is 0 Å². The van der Waals surface area contributed by atoms with Gasteiger partial charge < -0.3 is 4.74 Å². The Morgan fingerprint density at radius 1 is 1.25 bits per heavy atom. The predicted octanol–water partition coefficient (Wildman–Crippen LogP) is 2.96. The number of halogens is 2. The molecule has 0 unspecified atom stereocenters. The third-order valence-corrected chi connectivity index (χ3v) is 2.49. The summed E-state index contributed by atoms with van der Waals surface area (Å²) >= 11 is 3.09. The fraction of sp³-hybridized carbons (Fsp3) is 0.0909. The molecule has 0 amide bonds. The zero-order valence-corrected chi connectivity index (χ0v) is 9.82. The zero-order chi connectivity index (χ0) is 11.4. The van der Waals surface area contributed by atoms with Crippen LogP contribution in [-0.2, 0) is 6.61 Å². The van der Waals surface area contributed by atoms with Gasteiger partial charge in [-0.3, -0.25) is 0 Å². The van der Waals surface area contributed by atoms with Crippen molar-refractivity contribution in [1.82, 2.24) is 9.97 Å². The van der Waals surface area contributed by atoms with E-state index in [0.717, 1.165) is 0 Å².